The fourth-order valence-corrected chi connectivity index (χ4v) is 3.53. The summed E-state index contributed by atoms with van der Waals surface area (Å²) in [6.45, 7) is -0.591. The van der Waals surface area contributed by atoms with Gasteiger partial charge in [0.1, 0.15) is 34.9 Å². The molecule has 5 N–H and O–H groups in total. The Hall–Kier alpha value is -0.380. The Balaban J connectivity index is 2.85. The van der Waals surface area contributed by atoms with Crippen molar-refractivity contribution in [3.05, 3.63) is 11.5 Å². The second-order valence-corrected chi connectivity index (χ2v) is 7.87. The number of hydrogen-bond acceptors (Lipinski definition) is 11. The average molecular weight is 419 g/mol. The zero-order valence-corrected chi connectivity index (χ0v) is 15.7. The first-order valence-electron chi connectivity index (χ1n) is 7.07. The third-order valence-electron chi connectivity index (χ3n) is 3.09. The Labute approximate surface area is 153 Å². The van der Waals surface area contributed by atoms with Crippen LogP contribution in [0.25, 0.3) is 0 Å². The number of thioether (sulfide) groups is 2. The smallest absolute Gasteiger partial charge is 0.394 e. The van der Waals surface area contributed by atoms with Crippen molar-refractivity contribution in [1.82, 2.24) is 0 Å². The molecule has 0 radical (unpaired) electrons. The first-order chi connectivity index (χ1) is 11.7. The van der Waals surface area contributed by atoms with E-state index in [1.165, 1.54) is 11.8 Å². The summed E-state index contributed by atoms with van der Waals surface area (Å²) in [4.78, 5) is 0. The molecule has 1 aliphatic heterocycles. The van der Waals surface area contributed by atoms with Crippen LogP contribution in [0.1, 0.15) is 12.8 Å². The van der Waals surface area contributed by atoms with Gasteiger partial charge in [-0.2, -0.15) is 8.42 Å². The van der Waals surface area contributed by atoms with Gasteiger partial charge in [-0.25, -0.2) is 4.28 Å². The summed E-state index contributed by atoms with van der Waals surface area (Å²) in [6.07, 6.45) is -1.38. The van der Waals surface area contributed by atoms with Gasteiger partial charge in [-0.15, -0.1) is 11.8 Å². The summed E-state index contributed by atoms with van der Waals surface area (Å²) < 4.78 is 39.3. The molecule has 0 spiro atoms. The van der Waals surface area contributed by atoms with E-state index in [1.54, 1.807) is 11.5 Å². The maximum Gasteiger partial charge on any atom is 0.466 e. The zero-order chi connectivity index (χ0) is 19.0. The van der Waals surface area contributed by atoms with Gasteiger partial charge >= 0.3 is 10.4 Å². The van der Waals surface area contributed by atoms with Crippen molar-refractivity contribution in [2.75, 3.05) is 12.9 Å². The van der Waals surface area contributed by atoms with E-state index in [1.807, 2.05) is 6.26 Å². The van der Waals surface area contributed by atoms with Crippen LogP contribution in [0.2, 0.25) is 0 Å². The van der Waals surface area contributed by atoms with Crippen molar-refractivity contribution in [3.8, 4) is 0 Å². The van der Waals surface area contributed by atoms with Gasteiger partial charge in [0.05, 0.1) is 6.61 Å². The average Bonchev–Trinajstić information content (AvgIpc) is 2.55. The van der Waals surface area contributed by atoms with Crippen LogP contribution in [-0.2, 0) is 19.4 Å². The SMILES string of the molecule is CS/C=C/CC/C(=N/OS(=O)(=O)O)S[C@@H]1O[C@H](CO)[C@@H](O)[C@H](O)[C@H]1O. The predicted molar refractivity (Wildman–Crippen MR) is 93.3 cm³/mol. The predicted octanol–water partition coefficient (Wildman–Crippen LogP) is -0.691. The fraction of sp³-hybridized carbons (Fsp3) is 0.750. The lowest BCUT2D eigenvalue weighted by molar-refractivity contribution is -0.205. The Bertz CT molecular complexity index is 566. The van der Waals surface area contributed by atoms with Crippen molar-refractivity contribution < 1.29 is 42.4 Å². The minimum Gasteiger partial charge on any atom is -0.394 e. The molecule has 1 heterocycles. The molecule has 0 amide bonds. The molecule has 5 atom stereocenters. The normalized spacial score (nSPS) is 31.4. The molecule has 1 saturated heterocycles. The molecule has 1 rings (SSSR count). The third-order valence-corrected chi connectivity index (χ3v) is 4.99. The van der Waals surface area contributed by atoms with Crippen molar-refractivity contribution in [3.63, 3.8) is 0 Å². The van der Waals surface area contributed by atoms with Crippen LogP contribution in [0.3, 0.4) is 0 Å². The third kappa shape index (κ3) is 7.80. The lowest BCUT2D eigenvalue weighted by Gasteiger charge is -2.39. The number of ether oxygens (including phenoxy) is 1. The molecule has 1 fully saturated rings. The highest BCUT2D eigenvalue weighted by Crippen LogP contribution is 2.30. The second kappa shape index (κ2) is 10.7. The standard InChI is InChI=1S/C12H21NO9S3/c1-23-5-3-2-4-8(13-22-25(18,19)20)24-12-11(17)10(16)9(15)7(6-14)21-12/h3,5,7,9-12,14-17H,2,4,6H2,1H3,(H,18,19,20)/b5-3+,13-8-/t7-,9-,10+,11-,12+/m1/s1. The zero-order valence-electron chi connectivity index (χ0n) is 13.2. The topological polar surface area (TPSA) is 166 Å². The van der Waals surface area contributed by atoms with Crippen LogP contribution in [0.15, 0.2) is 16.6 Å². The van der Waals surface area contributed by atoms with Gasteiger partial charge in [0.2, 0.25) is 0 Å². The molecule has 13 heteroatoms. The van der Waals surface area contributed by atoms with Crippen LogP contribution in [0.5, 0.6) is 0 Å². The maximum atomic E-state index is 10.7. The minimum atomic E-state index is -4.80. The van der Waals surface area contributed by atoms with Crippen LogP contribution < -0.4 is 0 Å². The molecule has 0 aromatic rings. The van der Waals surface area contributed by atoms with Crippen molar-refractivity contribution in [2.24, 2.45) is 5.16 Å². The lowest BCUT2D eigenvalue weighted by atomic mass is 10.0. The van der Waals surface area contributed by atoms with Gasteiger partial charge in [-0.3, -0.25) is 4.55 Å². The van der Waals surface area contributed by atoms with E-state index in [2.05, 4.69) is 9.44 Å². The number of allylic oxidation sites excluding steroid dienone is 1. The summed E-state index contributed by atoms with van der Waals surface area (Å²) in [5.74, 6) is 0. The number of aliphatic hydroxyl groups is 4. The van der Waals surface area contributed by atoms with Crippen molar-refractivity contribution in [1.29, 1.82) is 0 Å². The molecular formula is C12H21NO9S3. The number of hydrogen-bond donors (Lipinski definition) is 5. The highest BCUT2D eigenvalue weighted by Gasteiger charge is 2.44. The summed E-state index contributed by atoms with van der Waals surface area (Å²) in [5.41, 5.74) is -1.14. The van der Waals surface area contributed by atoms with E-state index >= 15 is 0 Å². The molecule has 0 saturated carbocycles. The summed E-state index contributed by atoms with van der Waals surface area (Å²) in [6, 6.07) is 0. The second-order valence-electron chi connectivity index (χ2n) is 4.95. The molecule has 25 heavy (non-hydrogen) atoms. The Kier molecular flexibility index (Phi) is 9.69. The maximum absolute atomic E-state index is 10.7. The Morgan fingerprint density at radius 1 is 1.28 bits per heavy atom. The molecule has 0 unspecified atom stereocenters. The molecule has 0 bridgehead atoms. The van der Waals surface area contributed by atoms with Gasteiger partial charge in [0.15, 0.2) is 0 Å². The largest absolute Gasteiger partial charge is 0.466 e. The van der Waals surface area contributed by atoms with Crippen LogP contribution in [-0.4, -0.2) is 81.2 Å². The number of oxime groups is 1. The van der Waals surface area contributed by atoms with E-state index in [-0.39, 0.29) is 11.5 Å². The highest BCUT2D eigenvalue weighted by atomic mass is 32.3. The van der Waals surface area contributed by atoms with Crippen LogP contribution >= 0.6 is 23.5 Å². The highest BCUT2D eigenvalue weighted by molar-refractivity contribution is 8.14. The monoisotopic (exact) mass is 419 g/mol. The minimum absolute atomic E-state index is 0.0627. The summed E-state index contributed by atoms with van der Waals surface area (Å²) >= 11 is 2.21. The Morgan fingerprint density at radius 3 is 2.52 bits per heavy atom. The Morgan fingerprint density at radius 2 is 1.96 bits per heavy atom. The molecule has 0 aromatic carbocycles. The van der Waals surface area contributed by atoms with Crippen LogP contribution in [0, 0.1) is 0 Å². The van der Waals surface area contributed by atoms with E-state index < -0.39 is 46.9 Å². The van der Waals surface area contributed by atoms with E-state index in [0.717, 1.165) is 11.8 Å². The quantitative estimate of drug-likeness (QED) is 0.146. The molecular weight excluding hydrogens is 398 g/mol. The van der Waals surface area contributed by atoms with Gasteiger partial charge < -0.3 is 25.2 Å². The van der Waals surface area contributed by atoms with Gasteiger partial charge in [-0.1, -0.05) is 23.0 Å². The van der Waals surface area contributed by atoms with Crippen molar-refractivity contribution >= 4 is 39.0 Å². The van der Waals surface area contributed by atoms with E-state index in [0.29, 0.717) is 6.42 Å². The lowest BCUT2D eigenvalue weighted by Crippen LogP contribution is -2.57. The first kappa shape index (κ1) is 22.7. The molecule has 0 aliphatic carbocycles. The number of nitrogens with zero attached hydrogens (tertiary/aromatic N) is 1. The van der Waals surface area contributed by atoms with E-state index in [9.17, 15) is 23.7 Å². The molecule has 1 aliphatic rings. The van der Waals surface area contributed by atoms with Crippen molar-refractivity contribution in [2.45, 2.75) is 42.7 Å². The summed E-state index contributed by atoms with van der Waals surface area (Å²) in [7, 11) is -4.80. The molecule has 0 aromatic heterocycles. The van der Waals surface area contributed by atoms with Gasteiger partial charge in [0.25, 0.3) is 0 Å². The van der Waals surface area contributed by atoms with Gasteiger partial charge in [-0.05, 0) is 18.1 Å². The number of aliphatic hydroxyl groups excluding tert-OH is 4. The summed E-state index contributed by atoms with van der Waals surface area (Å²) in [5, 5.41) is 43.8. The first-order valence-corrected chi connectivity index (χ1v) is 10.6. The fourth-order valence-electron chi connectivity index (χ4n) is 1.88. The van der Waals surface area contributed by atoms with Crippen LogP contribution in [0.4, 0.5) is 0 Å². The molecule has 10 nitrogen and oxygen atoms in total. The van der Waals surface area contributed by atoms with E-state index in [4.69, 9.17) is 14.4 Å². The van der Waals surface area contributed by atoms with Gasteiger partial charge in [0, 0.05) is 6.42 Å². The molecule has 146 valence electrons. The number of rotatable bonds is 8.